The lowest BCUT2D eigenvalue weighted by Gasteiger charge is -2.12. The number of nitrogens with zero attached hydrogens (tertiary/aromatic N) is 2. The monoisotopic (exact) mass is 335 g/mol. The van der Waals surface area contributed by atoms with Gasteiger partial charge in [0.15, 0.2) is 0 Å². The van der Waals surface area contributed by atoms with Crippen molar-refractivity contribution in [1.29, 1.82) is 0 Å². The van der Waals surface area contributed by atoms with Crippen LogP contribution in [0, 0.1) is 10.1 Å². The normalized spacial score (nSPS) is 15.4. The SMILES string of the molecule is O=C(Nc1ccc([N+](=O)[O-])c2ncccc12)[C@H]1COc2ccccc21. The number of nitro groups is 1. The number of nitro benzene ring substituents is 1. The minimum Gasteiger partial charge on any atom is -0.492 e. The number of benzene rings is 2. The third kappa shape index (κ3) is 2.55. The second-order valence-corrected chi connectivity index (χ2v) is 5.68. The summed E-state index contributed by atoms with van der Waals surface area (Å²) < 4.78 is 5.55. The first kappa shape index (κ1) is 15.1. The molecule has 0 unspecified atom stereocenters. The van der Waals surface area contributed by atoms with E-state index in [-0.39, 0.29) is 23.7 Å². The Labute approximate surface area is 142 Å². The van der Waals surface area contributed by atoms with Crippen molar-refractivity contribution in [2.24, 2.45) is 0 Å². The summed E-state index contributed by atoms with van der Waals surface area (Å²) in [5, 5.41) is 14.5. The molecule has 0 spiro atoms. The molecule has 2 heterocycles. The first-order valence-corrected chi connectivity index (χ1v) is 7.70. The van der Waals surface area contributed by atoms with Gasteiger partial charge in [-0.2, -0.15) is 0 Å². The number of anilines is 1. The number of pyridine rings is 1. The molecule has 0 saturated carbocycles. The Morgan fingerprint density at radius 1 is 1.20 bits per heavy atom. The van der Waals surface area contributed by atoms with E-state index in [0.717, 1.165) is 5.56 Å². The van der Waals surface area contributed by atoms with E-state index >= 15 is 0 Å². The summed E-state index contributed by atoms with van der Waals surface area (Å²) in [5.74, 6) is 0.0694. The average Bonchev–Trinajstić information content (AvgIpc) is 3.06. The molecule has 0 radical (unpaired) electrons. The Hall–Kier alpha value is -3.48. The highest BCUT2D eigenvalue weighted by atomic mass is 16.6. The van der Waals surface area contributed by atoms with E-state index in [9.17, 15) is 14.9 Å². The van der Waals surface area contributed by atoms with Gasteiger partial charge < -0.3 is 10.1 Å². The van der Waals surface area contributed by atoms with Gasteiger partial charge in [-0.1, -0.05) is 18.2 Å². The lowest BCUT2D eigenvalue weighted by molar-refractivity contribution is -0.383. The highest BCUT2D eigenvalue weighted by Gasteiger charge is 2.30. The van der Waals surface area contributed by atoms with Crippen LogP contribution in [0.4, 0.5) is 11.4 Å². The molecule has 25 heavy (non-hydrogen) atoms. The van der Waals surface area contributed by atoms with Gasteiger partial charge in [0.1, 0.15) is 23.8 Å². The topological polar surface area (TPSA) is 94.4 Å². The molecule has 0 bridgehead atoms. The minimum atomic E-state index is -0.484. The molecule has 1 N–H and O–H groups in total. The van der Waals surface area contributed by atoms with Crippen LogP contribution in [0.3, 0.4) is 0 Å². The number of aromatic nitrogens is 1. The first-order valence-electron chi connectivity index (χ1n) is 7.70. The predicted octanol–water partition coefficient (Wildman–Crippen LogP) is 3.26. The molecule has 1 atom stereocenters. The van der Waals surface area contributed by atoms with Gasteiger partial charge in [-0.05, 0) is 24.3 Å². The van der Waals surface area contributed by atoms with E-state index in [0.29, 0.717) is 16.8 Å². The molecule has 1 aliphatic rings. The van der Waals surface area contributed by atoms with Crippen LogP contribution in [-0.2, 0) is 4.79 Å². The molecule has 7 heteroatoms. The van der Waals surface area contributed by atoms with Crippen LogP contribution < -0.4 is 10.1 Å². The third-order valence-electron chi connectivity index (χ3n) is 4.22. The number of hydrogen-bond donors (Lipinski definition) is 1. The number of nitrogens with one attached hydrogen (secondary N) is 1. The van der Waals surface area contributed by atoms with Gasteiger partial charge in [0.25, 0.3) is 5.69 Å². The highest BCUT2D eigenvalue weighted by molar-refractivity contribution is 6.05. The van der Waals surface area contributed by atoms with Crippen LogP contribution >= 0.6 is 0 Å². The minimum absolute atomic E-state index is 0.0943. The summed E-state index contributed by atoms with van der Waals surface area (Å²) >= 11 is 0. The molecular formula is C18H13N3O4. The van der Waals surface area contributed by atoms with Crippen LogP contribution in [0.25, 0.3) is 10.9 Å². The Morgan fingerprint density at radius 2 is 2.04 bits per heavy atom. The Bertz CT molecular complexity index is 1000. The molecule has 7 nitrogen and oxygen atoms in total. The molecule has 4 rings (SSSR count). The van der Waals surface area contributed by atoms with Crippen molar-refractivity contribution in [2.45, 2.75) is 5.92 Å². The highest BCUT2D eigenvalue weighted by Crippen LogP contribution is 2.35. The molecule has 1 amide bonds. The van der Waals surface area contributed by atoms with Crippen LogP contribution in [-0.4, -0.2) is 22.4 Å². The zero-order chi connectivity index (χ0) is 17.4. The zero-order valence-electron chi connectivity index (χ0n) is 13.0. The average molecular weight is 335 g/mol. The van der Waals surface area contributed by atoms with Crippen molar-refractivity contribution in [1.82, 2.24) is 4.98 Å². The molecule has 1 aliphatic heterocycles. The summed E-state index contributed by atoms with van der Waals surface area (Å²) in [4.78, 5) is 27.5. The van der Waals surface area contributed by atoms with E-state index in [2.05, 4.69) is 10.3 Å². The van der Waals surface area contributed by atoms with Crippen molar-refractivity contribution < 1.29 is 14.5 Å². The number of rotatable bonds is 3. The van der Waals surface area contributed by atoms with Crippen LogP contribution in [0.5, 0.6) is 5.75 Å². The number of carbonyl (C=O) groups is 1. The lowest BCUT2D eigenvalue weighted by Crippen LogP contribution is -2.22. The van der Waals surface area contributed by atoms with E-state index in [4.69, 9.17) is 4.74 Å². The summed E-state index contributed by atoms with van der Waals surface area (Å²) in [6.07, 6.45) is 1.49. The molecule has 0 saturated heterocycles. The Kier molecular flexibility index (Phi) is 3.53. The van der Waals surface area contributed by atoms with Crippen molar-refractivity contribution in [3.63, 3.8) is 0 Å². The fraction of sp³-hybridized carbons (Fsp3) is 0.111. The number of carbonyl (C=O) groups excluding carboxylic acids is 1. The second kappa shape index (κ2) is 5.86. The summed E-state index contributed by atoms with van der Waals surface area (Å²) in [6, 6.07) is 13.7. The molecule has 1 aromatic heterocycles. The smallest absolute Gasteiger partial charge is 0.295 e. The first-order chi connectivity index (χ1) is 12.1. The van der Waals surface area contributed by atoms with Crippen LogP contribution in [0.1, 0.15) is 11.5 Å². The fourth-order valence-corrected chi connectivity index (χ4v) is 3.01. The van der Waals surface area contributed by atoms with Crippen molar-refractivity contribution in [3.05, 3.63) is 70.4 Å². The summed E-state index contributed by atoms with van der Waals surface area (Å²) in [7, 11) is 0. The lowest BCUT2D eigenvalue weighted by atomic mass is 10.0. The van der Waals surface area contributed by atoms with Crippen LogP contribution in [0.15, 0.2) is 54.7 Å². The number of hydrogen-bond acceptors (Lipinski definition) is 5. The summed E-state index contributed by atoms with van der Waals surface area (Å²) in [6.45, 7) is 0.272. The van der Waals surface area contributed by atoms with E-state index < -0.39 is 10.8 Å². The van der Waals surface area contributed by atoms with Crippen molar-refractivity contribution >= 4 is 28.2 Å². The van der Waals surface area contributed by atoms with Gasteiger partial charge in [0, 0.05) is 23.2 Å². The maximum absolute atomic E-state index is 12.7. The number of para-hydroxylation sites is 1. The number of fused-ring (bicyclic) bond motifs is 2. The maximum atomic E-state index is 12.7. The van der Waals surface area contributed by atoms with E-state index in [1.54, 1.807) is 12.1 Å². The van der Waals surface area contributed by atoms with Gasteiger partial charge in [-0.25, -0.2) is 4.98 Å². The molecule has 124 valence electrons. The standard InChI is InChI=1S/C18H13N3O4/c22-18(13-10-25-16-6-2-1-4-11(13)16)20-14-7-8-15(21(23)24)17-12(14)5-3-9-19-17/h1-9,13H,10H2,(H,20,22)/t13-/m0/s1. The Balaban J connectivity index is 1.69. The molecule has 2 aromatic carbocycles. The van der Waals surface area contributed by atoms with Gasteiger partial charge in [-0.3, -0.25) is 14.9 Å². The third-order valence-corrected chi connectivity index (χ3v) is 4.22. The van der Waals surface area contributed by atoms with Gasteiger partial charge in [0.2, 0.25) is 5.91 Å². The molecular weight excluding hydrogens is 322 g/mol. The summed E-state index contributed by atoms with van der Waals surface area (Å²) in [5.41, 5.74) is 1.48. The van der Waals surface area contributed by atoms with E-state index in [1.165, 1.54) is 18.3 Å². The Morgan fingerprint density at radius 3 is 2.88 bits per heavy atom. The molecule has 0 fully saturated rings. The molecule has 3 aromatic rings. The number of non-ortho nitro benzene ring substituents is 1. The van der Waals surface area contributed by atoms with Crippen molar-refractivity contribution in [3.8, 4) is 5.75 Å². The number of ether oxygens (including phenoxy) is 1. The largest absolute Gasteiger partial charge is 0.492 e. The zero-order valence-corrected chi connectivity index (χ0v) is 13.0. The number of amides is 1. The quantitative estimate of drug-likeness (QED) is 0.585. The second-order valence-electron chi connectivity index (χ2n) is 5.68. The van der Waals surface area contributed by atoms with Crippen LogP contribution in [0.2, 0.25) is 0 Å². The van der Waals surface area contributed by atoms with Gasteiger partial charge in [0.05, 0.1) is 10.6 Å². The van der Waals surface area contributed by atoms with E-state index in [1.807, 2.05) is 24.3 Å². The fourth-order valence-electron chi connectivity index (χ4n) is 3.01. The maximum Gasteiger partial charge on any atom is 0.295 e. The van der Waals surface area contributed by atoms with Crippen molar-refractivity contribution in [2.75, 3.05) is 11.9 Å². The predicted molar refractivity (Wildman–Crippen MR) is 91.7 cm³/mol. The van der Waals surface area contributed by atoms with Gasteiger partial charge >= 0.3 is 0 Å². The molecule has 0 aliphatic carbocycles. The van der Waals surface area contributed by atoms with Gasteiger partial charge in [-0.15, -0.1) is 0 Å².